The Morgan fingerprint density at radius 2 is 2.14 bits per heavy atom. The van der Waals surface area contributed by atoms with Crippen molar-refractivity contribution in [2.75, 3.05) is 32.4 Å². The summed E-state index contributed by atoms with van der Waals surface area (Å²) >= 11 is 7.79. The lowest BCUT2D eigenvalue weighted by molar-refractivity contribution is 0.0683. The third kappa shape index (κ3) is 4.64. The number of nitrogens with zero attached hydrogens (tertiary/aromatic N) is 1. The van der Waals surface area contributed by atoms with Crippen LogP contribution in [-0.2, 0) is 0 Å². The average molecular weight is 341 g/mol. The van der Waals surface area contributed by atoms with Crippen molar-refractivity contribution in [2.45, 2.75) is 31.1 Å². The number of piperidine rings is 1. The van der Waals surface area contributed by atoms with Crippen LogP contribution < -0.4 is 5.32 Å². The first-order chi connectivity index (χ1) is 10.7. The molecule has 1 amide bonds. The fourth-order valence-corrected chi connectivity index (χ4v) is 3.84. The molecule has 1 heterocycles. The Labute approximate surface area is 142 Å². The van der Waals surface area contributed by atoms with E-state index in [9.17, 15) is 4.79 Å². The van der Waals surface area contributed by atoms with Crippen molar-refractivity contribution < 1.29 is 4.79 Å². The summed E-state index contributed by atoms with van der Waals surface area (Å²) in [4.78, 5) is 15.8. The van der Waals surface area contributed by atoms with Gasteiger partial charge < -0.3 is 10.2 Å². The number of rotatable bonds is 6. The molecule has 0 spiro atoms. The second kappa shape index (κ2) is 8.80. The van der Waals surface area contributed by atoms with E-state index in [1.165, 1.54) is 6.42 Å². The van der Waals surface area contributed by atoms with E-state index in [1.54, 1.807) is 11.8 Å². The molecule has 1 aromatic rings. The maximum Gasteiger partial charge on any atom is 0.255 e. The van der Waals surface area contributed by atoms with Gasteiger partial charge in [-0.15, -0.1) is 11.8 Å². The van der Waals surface area contributed by atoms with Gasteiger partial charge in [0.1, 0.15) is 0 Å². The minimum atomic E-state index is 0.130. The summed E-state index contributed by atoms with van der Waals surface area (Å²) in [7, 11) is 1.99. The van der Waals surface area contributed by atoms with Crippen LogP contribution in [0.2, 0.25) is 5.02 Å². The van der Waals surface area contributed by atoms with Crippen LogP contribution in [-0.4, -0.2) is 43.2 Å². The van der Waals surface area contributed by atoms with E-state index in [4.69, 9.17) is 11.6 Å². The molecule has 22 heavy (non-hydrogen) atoms. The Balaban J connectivity index is 2.02. The van der Waals surface area contributed by atoms with E-state index in [-0.39, 0.29) is 5.91 Å². The SMILES string of the molecule is CCSc1ccc(Cl)cc1C(=O)N1CCC(CCNC)CC1. The number of carbonyl (C=O) groups excluding carboxylic acids is 1. The van der Waals surface area contributed by atoms with Crippen LogP contribution in [0.5, 0.6) is 0 Å². The predicted octanol–water partition coefficient (Wildman–Crippen LogP) is 3.91. The molecule has 0 atom stereocenters. The van der Waals surface area contributed by atoms with Gasteiger partial charge in [0.25, 0.3) is 5.91 Å². The van der Waals surface area contributed by atoms with Crippen molar-refractivity contribution in [3.05, 3.63) is 28.8 Å². The largest absolute Gasteiger partial charge is 0.339 e. The number of nitrogens with one attached hydrogen (secondary N) is 1. The highest BCUT2D eigenvalue weighted by atomic mass is 35.5. The van der Waals surface area contributed by atoms with Crippen molar-refractivity contribution in [2.24, 2.45) is 5.92 Å². The highest BCUT2D eigenvalue weighted by Crippen LogP contribution is 2.28. The topological polar surface area (TPSA) is 32.3 Å². The molecular weight excluding hydrogens is 316 g/mol. The number of benzene rings is 1. The van der Waals surface area contributed by atoms with Gasteiger partial charge in [-0.05, 0) is 62.7 Å². The van der Waals surface area contributed by atoms with E-state index >= 15 is 0 Å². The first-order valence-corrected chi connectivity index (χ1v) is 9.38. The average Bonchev–Trinajstić information content (AvgIpc) is 2.54. The number of thioether (sulfide) groups is 1. The van der Waals surface area contributed by atoms with Crippen LogP contribution in [0, 0.1) is 5.92 Å². The summed E-state index contributed by atoms with van der Waals surface area (Å²) < 4.78 is 0. The standard InChI is InChI=1S/C17H25ClN2OS/c1-3-22-16-5-4-14(18)12-15(16)17(21)20-10-7-13(8-11-20)6-9-19-2/h4-5,12-13,19H,3,6-11H2,1-2H3. The van der Waals surface area contributed by atoms with E-state index in [0.29, 0.717) is 5.02 Å². The molecule has 1 aliphatic rings. The number of halogens is 1. The maximum absolute atomic E-state index is 12.8. The molecule has 1 N–H and O–H groups in total. The smallest absolute Gasteiger partial charge is 0.255 e. The lowest BCUT2D eigenvalue weighted by atomic mass is 9.93. The molecule has 1 saturated heterocycles. The van der Waals surface area contributed by atoms with Crippen LogP contribution in [0.15, 0.2) is 23.1 Å². The van der Waals surface area contributed by atoms with Crippen molar-refractivity contribution in [3.63, 3.8) is 0 Å². The molecule has 1 aromatic carbocycles. The second-order valence-electron chi connectivity index (χ2n) is 5.70. The number of carbonyl (C=O) groups is 1. The van der Waals surface area contributed by atoms with Crippen LogP contribution in [0.3, 0.4) is 0 Å². The highest BCUT2D eigenvalue weighted by Gasteiger charge is 2.25. The van der Waals surface area contributed by atoms with E-state index in [1.807, 2.05) is 30.1 Å². The van der Waals surface area contributed by atoms with Gasteiger partial charge in [0.15, 0.2) is 0 Å². The number of hydrogen-bond acceptors (Lipinski definition) is 3. The quantitative estimate of drug-likeness (QED) is 0.797. The Morgan fingerprint density at radius 3 is 2.77 bits per heavy atom. The summed E-state index contributed by atoms with van der Waals surface area (Å²) in [5, 5.41) is 3.84. The Morgan fingerprint density at radius 1 is 1.41 bits per heavy atom. The number of amides is 1. The van der Waals surface area contributed by atoms with Gasteiger partial charge in [0.05, 0.1) is 5.56 Å². The van der Waals surface area contributed by atoms with Crippen molar-refractivity contribution >= 4 is 29.3 Å². The first-order valence-electron chi connectivity index (χ1n) is 8.02. The van der Waals surface area contributed by atoms with E-state index in [2.05, 4.69) is 12.2 Å². The molecular formula is C17H25ClN2OS. The molecule has 122 valence electrons. The minimum absolute atomic E-state index is 0.130. The number of likely N-dealkylation sites (tertiary alicyclic amines) is 1. The molecule has 0 aliphatic carbocycles. The first kappa shape index (κ1) is 17.6. The van der Waals surface area contributed by atoms with Gasteiger partial charge >= 0.3 is 0 Å². The van der Waals surface area contributed by atoms with Gasteiger partial charge in [-0.25, -0.2) is 0 Å². The van der Waals surface area contributed by atoms with E-state index < -0.39 is 0 Å². The Hall–Kier alpha value is -0.710. The van der Waals surface area contributed by atoms with Crippen molar-refractivity contribution in [1.82, 2.24) is 10.2 Å². The summed E-state index contributed by atoms with van der Waals surface area (Å²) in [6.45, 7) is 4.87. The Bertz CT molecular complexity index is 501. The lowest BCUT2D eigenvalue weighted by Crippen LogP contribution is -2.39. The second-order valence-corrected chi connectivity index (χ2v) is 7.44. The summed E-state index contributed by atoms with van der Waals surface area (Å²) in [5.41, 5.74) is 0.757. The molecule has 0 saturated carbocycles. The van der Waals surface area contributed by atoms with Gasteiger partial charge in [-0.3, -0.25) is 4.79 Å². The molecule has 0 bridgehead atoms. The molecule has 3 nitrogen and oxygen atoms in total. The third-order valence-electron chi connectivity index (χ3n) is 4.18. The summed E-state index contributed by atoms with van der Waals surface area (Å²) in [5.74, 6) is 1.82. The normalized spacial score (nSPS) is 16.0. The Kier molecular flexibility index (Phi) is 7.06. The fraction of sp³-hybridized carbons (Fsp3) is 0.588. The molecule has 0 unspecified atom stereocenters. The molecule has 1 aliphatic heterocycles. The van der Waals surface area contributed by atoms with Gasteiger partial charge in [0, 0.05) is 23.0 Å². The maximum atomic E-state index is 12.8. The lowest BCUT2D eigenvalue weighted by Gasteiger charge is -2.32. The predicted molar refractivity (Wildman–Crippen MR) is 95.0 cm³/mol. The van der Waals surface area contributed by atoms with Gasteiger partial charge in [-0.1, -0.05) is 18.5 Å². The van der Waals surface area contributed by atoms with Gasteiger partial charge in [0.2, 0.25) is 0 Å². The zero-order valence-corrected chi connectivity index (χ0v) is 15.0. The fourth-order valence-electron chi connectivity index (χ4n) is 2.89. The van der Waals surface area contributed by atoms with Crippen molar-refractivity contribution in [3.8, 4) is 0 Å². The monoisotopic (exact) mass is 340 g/mol. The molecule has 1 fully saturated rings. The van der Waals surface area contributed by atoms with Crippen LogP contribution in [0.4, 0.5) is 0 Å². The summed E-state index contributed by atoms with van der Waals surface area (Å²) in [6, 6.07) is 5.64. The van der Waals surface area contributed by atoms with E-state index in [0.717, 1.165) is 54.6 Å². The highest BCUT2D eigenvalue weighted by molar-refractivity contribution is 7.99. The number of hydrogen-bond donors (Lipinski definition) is 1. The summed E-state index contributed by atoms with van der Waals surface area (Å²) in [6.07, 6.45) is 3.40. The van der Waals surface area contributed by atoms with Gasteiger partial charge in [-0.2, -0.15) is 0 Å². The van der Waals surface area contributed by atoms with Crippen LogP contribution >= 0.6 is 23.4 Å². The minimum Gasteiger partial charge on any atom is -0.339 e. The zero-order valence-electron chi connectivity index (χ0n) is 13.4. The molecule has 0 aromatic heterocycles. The molecule has 0 radical (unpaired) electrons. The van der Waals surface area contributed by atoms with Crippen LogP contribution in [0.1, 0.15) is 36.5 Å². The van der Waals surface area contributed by atoms with Crippen molar-refractivity contribution in [1.29, 1.82) is 0 Å². The zero-order chi connectivity index (χ0) is 15.9. The molecule has 5 heteroatoms. The molecule has 2 rings (SSSR count). The third-order valence-corrected chi connectivity index (χ3v) is 5.37. The van der Waals surface area contributed by atoms with Crippen LogP contribution in [0.25, 0.3) is 0 Å².